The molecule has 0 atom stereocenters. The van der Waals surface area contributed by atoms with Gasteiger partial charge in [-0.1, -0.05) is 12.1 Å². The Morgan fingerprint density at radius 1 is 1.14 bits per heavy atom. The van der Waals surface area contributed by atoms with Gasteiger partial charge in [-0.05, 0) is 69.4 Å². The number of rotatable bonds is 9. The molecule has 0 unspecified atom stereocenters. The molecule has 0 bridgehead atoms. The number of hydrogen-bond donors (Lipinski definition) is 2. The zero-order valence-electron chi connectivity index (χ0n) is 17.5. The fraction of sp³-hybridized carbons (Fsp3) is 0.455. The van der Waals surface area contributed by atoms with Crippen molar-refractivity contribution in [1.29, 1.82) is 0 Å². The van der Waals surface area contributed by atoms with Gasteiger partial charge in [-0.15, -0.1) is 24.0 Å². The van der Waals surface area contributed by atoms with E-state index in [1.54, 1.807) is 22.8 Å². The number of hydrogen-bond acceptors (Lipinski definition) is 2. The predicted molar refractivity (Wildman–Crippen MR) is 129 cm³/mol. The van der Waals surface area contributed by atoms with Gasteiger partial charge < -0.3 is 15.2 Å². The van der Waals surface area contributed by atoms with E-state index in [9.17, 15) is 9.18 Å². The van der Waals surface area contributed by atoms with Crippen molar-refractivity contribution in [2.45, 2.75) is 46.6 Å². The lowest BCUT2D eigenvalue weighted by Crippen LogP contribution is -2.38. The molecule has 0 aliphatic carbocycles. The highest BCUT2D eigenvalue weighted by atomic mass is 127. The van der Waals surface area contributed by atoms with Gasteiger partial charge in [-0.2, -0.15) is 0 Å². The Morgan fingerprint density at radius 2 is 1.93 bits per heavy atom. The quantitative estimate of drug-likeness (QED) is 0.232. The Balaban J connectivity index is 0.00000420. The zero-order valence-corrected chi connectivity index (χ0v) is 19.8. The molecular weight excluding hydrogens is 482 g/mol. The molecule has 0 radical (unpaired) electrons. The Labute approximate surface area is 189 Å². The van der Waals surface area contributed by atoms with E-state index in [-0.39, 0.29) is 35.4 Å². The van der Waals surface area contributed by atoms with Gasteiger partial charge in [-0.3, -0.25) is 9.79 Å². The average molecular weight is 514 g/mol. The van der Waals surface area contributed by atoms with E-state index in [0.717, 1.165) is 61.7 Å². The van der Waals surface area contributed by atoms with Crippen molar-refractivity contribution in [3.8, 4) is 0 Å². The maximum absolute atomic E-state index is 13.2. The van der Waals surface area contributed by atoms with E-state index in [2.05, 4.69) is 15.6 Å². The van der Waals surface area contributed by atoms with E-state index in [4.69, 9.17) is 0 Å². The highest BCUT2D eigenvalue weighted by Crippen LogP contribution is 2.10. The van der Waals surface area contributed by atoms with Crippen molar-refractivity contribution >= 4 is 29.9 Å². The van der Waals surface area contributed by atoms with Crippen LogP contribution in [0.1, 0.15) is 36.6 Å². The van der Waals surface area contributed by atoms with Crippen LogP contribution in [0.15, 0.2) is 46.2 Å². The number of halogens is 2. The Kier molecular flexibility index (Phi) is 11.6. The van der Waals surface area contributed by atoms with Crippen LogP contribution in [0, 0.1) is 19.7 Å². The van der Waals surface area contributed by atoms with Gasteiger partial charge in [0, 0.05) is 37.9 Å². The molecule has 29 heavy (non-hydrogen) atoms. The molecule has 160 valence electrons. The second kappa shape index (κ2) is 13.3. The van der Waals surface area contributed by atoms with Gasteiger partial charge >= 0.3 is 0 Å². The molecule has 5 nitrogen and oxygen atoms in total. The molecule has 0 aliphatic heterocycles. The standard InChI is InChI=1S/C22H31FN4O.HI/c1-4-24-22(26-14-12-19-10-11-20(23)16-17(19)2)25-13-5-6-15-27-18(3)8-7-9-21(27)28;/h7-11,16H,4-6,12-15H2,1-3H3,(H2,24,25,26);1H. The van der Waals surface area contributed by atoms with Crippen molar-refractivity contribution in [3.63, 3.8) is 0 Å². The first-order chi connectivity index (χ1) is 13.5. The summed E-state index contributed by atoms with van der Waals surface area (Å²) in [4.78, 5) is 16.5. The maximum atomic E-state index is 13.2. The zero-order chi connectivity index (χ0) is 20.4. The van der Waals surface area contributed by atoms with Crippen LogP contribution >= 0.6 is 24.0 Å². The summed E-state index contributed by atoms with van der Waals surface area (Å²) >= 11 is 0. The van der Waals surface area contributed by atoms with Gasteiger partial charge in [0.1, 0.15) is 5.82 Å². The molecule has 1 aromatic carbocycles. The first-order valence-corrected chi connectivity index (χ1v) is 9.95. The summed E-state index contributed by atoms with van der Waals surface area (Å²) in [6.07, 6.45) is 2.63. The molecule has 2 aromatic rings. The largest absolute Gasteiger partial charge is 0.357 e. The average Bonchev–Trinajstić information content (AvgIpc) is 2.65. The second-order valence-corrected chi connectivity index (χ2v) is 6.87. The Bertz CT molecular complexity index is 851. The number of aromatic nitrogens is 1. The number of nitrogens with zero attached hydrogens (tertiary/aromatic N) is 2. The predicted octanol–water partition coefficient (Wildman–Crippen LogP) is 3.80. The molecule has 0 saturated carbocycles. The van der Waals surface area contributed by atoms with Crippen molar-refractivity contribution < 1.29 is 4.39 Å². The summed E-state index contributed by atoms with van der Waals surface area (Å²) in [5.74, 6) is 0.590. The first-order valence-electron chi connectivity index (χ1n) is 9.95. The van der Waals surface area contributed by atoms with Gasteiger partial charge in [0.25, 0.3) is 5.56 Å². The minimum Gasteiger partial charge on any atom is -0.357 e. The lowest BCUT2D eigenvalue weighted by molar-refractivity contribution is 0.585. The molecule has 1 aromatic heterocycles. The third-order valence-corrected chi connectivity index (χ3v) is 4.66. The van der Waals surface area contributed by atoms with Crippen molar-refractivity contribution in [3.05, 3.63) is 69.4 Å². The third kappa shape index (κ3) is 8.55. The van der Waals surface area contributed by atoms with Gasteiger partial charge in [0.2, 0.25) is 0 Å². The minimum absolute atomic E-state index is 0. The number of benzene rings is 1. The van der Waals surface area contributed by atoms with Crippen LogP contribution in [-0.2, 0) is 13.0 Å². The van der Waals surface area contributed by atoms with Crippen molar-refractivity contribution in [2.75, 3.05) is 19.6 Å². The van der Waals surface area contributed by atoms with E-state index in [1.165, 1.54) is 6.07 Å². The van der Waals surface area contributed by atoms with Crippen LogP contribution in [0.3, 0.4) is 0 Å². The summed E-state index contributed by atoms with van der Waals surface area (Å²) < 4.78 is 15.0. The molecular formula is C22H32FIN4O. The minimum atomic E-state index is -0.197. The van der Waals surface area contributed by atoms with Gasteiger partial charge in [0.05, 0.1) is 0 Å². The molecule has 0 aliphatic rings. The number of pyridine rings is 1. The summed E-state index contributed by atoms with van der Waals surface area (Å²) in [5, 5.41) is 6.57. The topological polar surface area (TPSA) is 58.4 Å². The fourth-order valence-corrected chi connectivity index (χ4v) is 3.08. The summed E-state index contributed by atoms with van der Waals surface area (Å²) in [5.41, 5.74) is 3.14. The normalized spacial score (nSPS) is 11.1. The molecule has 0 fully saturated rings. The van der Waals surface area contributed by atoms with Crippen molar-refractivity contribution in [2.24, 2.45) is 4.99 Å². The van der Waals surface area contributed by atoms with E-state index in [1.807, 2.05) is 32.9 Å². The monoisotopic (exact) mass is 514 g/mol. The van der Waals surface area contributed by atoms with E-state index < -0.39 is 0 Å². The summed E-state index contributed by atoms with van der Waals surface area (Å²) in [6, 6.07) is 10.2. The van der Waals surface area contributed by atoms with Crippen LogP contribution in [0.2, 0.25) is 0 Å². The molecule has 0 saturated heterocycles. The third-order valence-electron chi connectivity index (χ3n) is 4.66. The van der Waals surface area contributed by atoms with Crippen LogP contribution in [0.4, 0.5) is 4.39 Å². The number of nitrogens with one attached hydrogen (secondary N) is 2. The van der Waals surface area contributed by atoms with Crippen LogP contribution < -0.4 is 16.2 Å². The second-order valence-electron chi connectivity index (χ2n) is 6.87. The molecule has 0 spiro atoms. The number of unbranched alkanes of at least 4 members (excludes halogenated alkanes) is 1. The number of aliphatic imine (C=N–C) groups is 1. The summed E-state index contributed by atoms with van der Waals surface area (Å²) in [7, 11) is 0. The lowest BCUT2D eigenvalue weighted by atomic mass is 10.1. The molecule has 1 heterocycles. The Morgan fingerprint density at radius 3 is 2.62 bits per heavy atom. The SMILES string of the molecule is CCNC(=NCCCCn1c(C)cccc1=O)NCCc1ccc(F)cc1C.I. The van der Waals surface area contributed by atoms with Gasteiger partial charge in [0.15, 0.2) is 5.96 Å². The smallest absolute Gasteiger partial charge is 0.250 e. The van der Waals surface area contributed by atoms with Crippen molar-refractivity contribution in [1.82, 2.24) is 15.2 Å². The Hall–Kier alpha value is -1.90. The van der Waals surface area contributed by atoms with E-state index in [0.29, 0.717) is 6.54 Å². The summed E-state index contributed by atoms with van der Waals surface area (Å²) in [6.45, 7) is 8.86. The number of guanidine groups is 1. The maximum Gasteiger partial charge on any atom is 0.250 e. The van der Waals surface area contributed by atoms with Crippen LogP contribution in [-0.4, -0.2) is 30.2 Å². The fourth-order valence-electron chi connectivity index (χ4n) is 3.08. The lowest BCUT2D eigenvalue weighted by Gasteiger charge is -2.12. The number of aryl methyl sites for hydroxylation is 2. The first kappa shape index (κ1) is 25.1. The van der Waals surface area contributed by atoms with Gasteiger partial charge in [-0.25, -0.2) is 4.39 Å². The molecule has 7 heteroatoms. The van der Waals surface area contributed by atoms with E-state index >= 15 is 0 Å². The molecule has 2 rings (SSSR count). The van der Waals surface area contributed by atoms with Crippen LogP contribution in [0.5, 0.6) is 0 Å². The highest BCUT2D eigenvalue weighted by Gasteiger charge is 2.02. The van der Waals surface area contributed by atoms with Crippen LogP contribution in [0.25, 0.3) is 0 Å². The molecule has 2 N–H and O–H groups in total. The molecule has 0 amide bonds. The highest BCUT2D eigenvalue weighted by molar-refractivity contribution is 14.0.